The van der Waals surface area contributed by atoms with E-state index in [0.29, 0.717) is 25.4 Å². The number of nitrogens with zero attached hydrogens (tertiary/aromatic N) is 2. The lowest BCUT2D eigenvalue weighted by molar-refractivity contribution is -0.136. The number of hydrogen-bond acceptors (Lipinski definition) is 3. The van der Waals surface area contributed by atoms with Gasteiger partial charge in [-0.3, -0.25) is 14.5 Å². The minimum atomic E-state index is -0.245. The van der Waals surface area contributed by atoms with Gasteiger partial charge in [-0.05, 0) is 25.2 Å². The minimum absolute atomic E-state index is 0.00987. The van der Waals surface area contributed by atoms with Crippen molar-refractivity contribution in [3.05, 3.63) is 12.2 Å². The van der Waals surface area contributed by atoms with Crippen LogP contribution < -0.4 is 5.32 Å². The van der Waals surface area contributed by atoms with E-state index in [1.165, 1.54) is 17.1 Å². The smallest absolute Gasteiger partial charge is 0.317 e. The van der Waals surface area contributed by atoms with E-state index in [9.17, 15) is 14.4 Å². The topological polar surface area (TPSA) is 69.7 Å². The van der Waals surface area contributed by atoms with Crippen LogP contribution in [-0.2, 0) is 9.59 Å². The second kappa shape index (κ2) is 6.54. The summed E-state index contributed by atoms with van der Waals surface area (Å²) in [5, 5.41) is 2.88. The fourth-order valence-corrected chi connectivity index (χ4v) is 2.47. The van der Waals surface area contributed by atoms with Gasteiger partial charge in [0.1, 0.15) is 0 Å². The van der Waals surface area contributed by atoms with Crippen LogP contribution in [0.2, 0.25) is 0 Å². The van der Waals surface area contributed by atoms with Crippen LogP contribution >= 0.6 is 0 Å². The van der Waals surface area contributed by atoms with E-state index < -0.39 is 0 Å². The summed E-state index contributed by atoms with van der Waals surface area (Å²) in [5.41, 5.74) is 0. The Morgan fingerprint density at radius 3 is 2.60 bits per heavy atom. The molecule has 0 radical (unpaired) electrons. The van der Waals surface area contributed by atoms with Gasteiger partial charge in [-0.1, -0.05) is 6.92 Å². The molecular formula is C14H21N3O3. The third kappa shape index (κ3) is 3.59. The summed E-state index contributed by atoms with van der Waals surface area (Å²) >= 11 is 0. The monoisotopic (exact) mass is 279 g/mol. The van der Waals surface area contributed by atoms with Crippen molar-refractivity contribution in [3.8, 4) is 0 Å². The number of amides is 4. The van der Waals surface area contributed by atoms with E-state index in [2.05, 4.69) is 12.2 Å². The molecule has 1 fully saturated rings. The van der Waals surface area contributed by atoms with E-state index in [1.54, 1.807) is 0 Å². The molecule has 110 valence electrons. The average Bonchev–Trinajstić information content (AvgIpc) is 2.98. The molecule has 2 rings (SSSR count). The molecule has 2 heterocycles. The number of carbonyl (C=O) groups excluding carboxylic acids is 3. The summed E-state index contributed by atoms with van der Waals surface area (Å²) in [6, 6.07) is -0.00987. The lowest BCUT2D eigenvalue weighted by Crippen LogP contribution is -2.39. The zero-order chi connectivity index (χ0) is 14.5. The van der Waals surface area contributed by atoms with E-state index in [1.807, 2.05) is 4.90 Å². The number of rotatable bonds is 5. The first-order valence-corrected chi connectivity index (χ1v) is 7.14. The summed E-state index contributed by atoms with van der Waals surface area (Å²) < 4.78 is 0. The molecule has 0 bridgehead atoms. The fourth-order valence-electron chi connectivity index (χ4n) is 2.47. The Bertz CT molecular complexity index is 415. The summed E-state index contributed by atoms with van der Waals surface area (Å²) in [6.07, 6.45) is 5.11. The third-order valence-electron chi connectivity index (χ3n) is 3.70. The van der Waals surface area contributed by atoms with Crippen molar-refractivity contribution < 1.29 is 14.4 Å². The number of urea groups is 1. The molecule has 20 heavy (non-hydrogen) atoms. The standard InChI is InChI=1S/C14H21N3O3/c1-11-6-9-16(10-11)14(20)15-7-2-3-8-17-12(18)4-5-13(17)19/h4-5,11H,2-3,6-10H2,1H3,(H,15,20)/t11-/m0/s1. The van der Waals surface area contributed by atoms with Crippen LogP contribution in [0.5, 0.6) is 0 Å². The molecule has 1 saturated heterocycles. The predicted octanol–water partition coefficient (Wildman–Crippen LogP) is 0.743. The van der Waals surface area contributed by atoms with Crippen molar-refractivity contribution in [3.63, 3.8) is 0 Å². The quantitative estimate of drug-likeness (QED) is 0.596. The van der Waals surface area contributed by atoms with Crippen molar-refractivity contribution >= 4 is 17.8 Å². The highest BCUT2D eigenvalue weighted by atomic mass is 16.2. The highest BCUT2D eigenvalue weighted by Crippen LogP contribution is 2.14. The Morgan fingerprint density at radius 1 is 1.30 bits per heavy atom. The zero-order valence-electron chi connectivity index (χ0n) is 11.8. The van der Waals surface area contributed by atoms with Crippen molar-refractivity contribution in [2.75, 3.05) is 26.2 Å². The highest BCUT2D eigenvalue weighted by Gasteiger charge is 2.23. The molecule has 6 nitrogen and oxygen atoms in total. The molecule has 0 aliphatic carbocycles. The zero-order valence-corrected chi connectivity index (χ0v) is 11.8. The van der Waals surface area contributed by atoms with Crippen LogP contribution in [0.3, 0.4) is 0 Å². The molecular weight excluding hydrogens is 258 g/mol. The predicted molar refractivity (Wildman–Crippen MR) is 73.8 cm³/mol. The van der Waals surface area contributed by atoms with E-state index >= 15 is 0 Å². The Morgan fingerprint density at radius 2 is 2.00 bits per heavy atom. The van der Waals surface area contributed by atoms with Crippen molar-refractivity contribution in [2.45, 2.75) is 26.2 Å². The Kier molecular flexibility index (Phi) is 4.76. The molecule has 0 aromatic heterocycles. The first kappa shape index (κ1) is 14.6. The normalized spacial score (nSPS) is 21.9. The number of likely N-dealkylation sites (tertiary alicyclic amines) is 1. The van der Waals surface area contributed by atoms with Gasteiger partial charge in [-0.25, -0.2) is 4.79 Å². The van der Waals surface area contributed by atoms with Crippen LogP contribution in [0, 0.1) is 5.92 Å². The first-order valence-electron chi connectivity index (χ1n) is 7.14. The summed E-state index contributed by atoms with van der Waals surface area (Å²) in [6.45, 7) is 4.80. The van der Waals surface area contributed by atoms with E-state index in [0.717, 1.165) is 25.9 Å². The fraction of sp³-hybridized carbons (Fsp3) is 0.643. The summed E-state index contributed by atoms with van der Waals surface area (Å²) in [4.78, 5) is 37.5. The molecule has 2 aliphatic heterocycles. The van der Waals surface area contributed by atoms with Gasteiger partial charge in [0.2, 0.25) is 0 Å². The molecule has 1 atom stereocenters. The molecule has 0 unspecified atom stereocenters. The molecule has 4 amide bonds. The molecule has 1 N–H and O–H groups in total. The second-order valence-corrected chi connectivity index (χ2v) is 5.44. The largest absolute Gasteiger partial charge is 0.338 e. The van der Waals surface area contributed by atoms with E-state index in [4.69, 9.17) is 0 Å². The van der Waals surface area contributed by atoms with Crippen molar-refractivity contribution in [1.29, 1.82) is 0 Å². The van der Waals surface area contributed by atoms with Gasteiger partial charge in [0.25, 0.3) is 11.8 Å². The van der Waals surface area contributed by atoms with Gasteiger partial charge >= 0.3 is 6.03 Å². The van der Waals surface area contributed by atoms with Crippen LogP contribution in [-0.4, -0.2) is 53.8 Å². The maximum Gasteiger partial charge on any atom is 0.317 e. The summed E-state index contributed by atoms with van der Waals surface area (Å²) in [5.74, 6) is 0.0932. The third-order valence-corrected chi connectivity index (χ3v) is 3.70. The number of nitrogens with one attached hydrogen (secondary N) is 1. The van der Waals surface area contributed by atoms with Crippen LogP contribution in [0.4, 0.5) is 4.79 Å². The van der Waals surface area contributed by atoms with Crippen molar-refractivity contribution in [1.82, 2.24) is 15.1 Å². The van der Waals surface area contributed by atoms with Crippen LogP contribution in [0.1, 0.15) is 26.2 Å². The van der Waals surface area contributed by atoms with Gasteiger partial charge in [0.05, 0.1) is 0 Å². The molecule has 0 saturated carbocycles. The molecule has 6 heteroatoms. The Hall–Kier alpha value is -1.85. The minimum Gasteiger partial charge on any atom is -0.338 e. The van der Waals surface area contributed by atoms with Gasteiger partial charge in [-0.15, -0.1) is 0 Å². The molecule has 0 aromatic rings. The molecule has 0 spiro atoms. The maximum absolute atomic E-state index is 11.8. The van der Waals surface area contributed by atoms with Gasteiger partial charge in [0.15, 0.2) is 0 Å². The van der Waals surface area contributed by atoms with Crippen molar-refractivity contribution in [2.24, 2.45) is 5.92 Å². The Labute approximate surface area is 118 Å². The molecule has 0 aromatic carbocycles. The highest BCUT2D eigenvalue weighted by molar-refractivity contribution is 6.12. The van der Waals surface area contributed by atoms with Gasteiger partial charge < -0.3 is 10.2 Å². The number of carbonyl (C=O) groups is 3. The van der Waals surface area contributed by atoms with Gasteiger partial charge in [0, 0.05) is 38.3 Å². The maximum atomic E-state index is 11.8. The lowest BCUT2D eigenvalue weighted by atomic mass is 10.2. The Balaban J connectivity index is 1.57. The van der Waals surface area contributed by atoms with Crippen LogP contribution in [0.25, 0.3) is 0 Å². The van der Waals surface area contributed by atoms with E-state index in [-0.39, 0.29) is 17.8 Å². The second-order valence-electron chi connectivity index (χ2n) is 5.44. The number of hydrogen-bond donors (Lipinski definition) is 1. The lowest BCUT2D eigenvalue weighted by Gasteiger charge is -2.17. The number of unbranched alkanes of at least 4 members (excludes halogenated alkanes) is 1. The number of imide groups is 1. The first-order chi connectivity index (χ1) is 9.58. The SMILES string of the molecule is C[C@H]1CCN(C(=O)NCCCCN2C(=O)C=CC2=O)C1. The van der Waals surface area contributed by atoms with Crippen LogP contribution in [0.15, 0.2) is 12.2 Å². The van der Waals surface area contributed by atoms with Gasteiger partial charge in [-0.2, -0.15) is 0 Å². The average molecular weight is 279 g/mol. The summed E-state index contributed by atoms with van der Waals surface area (Å²) in [7, 11) is 0. The molecule has 2 aliphatic rings.